The second-order valence-electron chi connectivity index (χ2n) is 7.59. The number of ketones is 1. The number of Topliss-reactive ketones (excluding diaryl/α,β-unsaturated/α-hetero) is 1. The van der Waals surface area contributed by atoms with Crippen LogP contribution in [0.4, 0.5) is 21.7 Å². The van der Waals surface area contributed by atoms with E-state index in [4.69, 9.17) is 0 Å². The molecule has 9 heteroatoms. The number of nitrogens with one attached hydrogen (secondary N) is 2. The minimum absolute atomic E-state index is 0.0176. The van der Waals surface area contributed by atoms with E-state index in [0.29, 0.717) is 29.4 Å². The molecule has 1 aliphatic rings. The molecule has 2 aromatic heterocycles. The van der Waals surface area contributed by atoms with Gasteiger partial charge in [0.1, 0.15) is 11.6 Å². The van der Waals surface area contributed by atoms with Gasteiger partial charge in [-0.2, -0.15) is 0 Å². The van der Waals surface area contributed by atoms with Gasteiger partial charge in [0.05, 0.1) is 11.3 Å². The molecule has 0 atom stereocenters. The van der Waals surface area contributed by atoms with E-state index >= 15 is 0 Å². The number of rotatable bonds is 7. The second kappa shape index (κ2) is 9.51. The first kappa shape index (κ1) is 21.4. The largest absolute Gasteiger partial charge is 0.379 e. The number of hydrogen-bond acceptors (Lipinski definition) is 7. The molecule has 0 saturated carbocycles. The molecule has 164 valence electrons. The number of benzene rings is 1. The molecule has 1 fully saturated rings. The molecule has 1 aliphatic heterocycles. The summed E-state index contributed by atoms with van der Waals surface area (Å²) in [5.41, 5.74) is 1.92. The van der Waals surface area contributed by atoms with E-state index in [1.165, 1.54) is 25.3 Å². The zero-order valence-corrected chi connectivity index (χ0v) is 17.6. The molecular formula is C23H23FN6O2. The normalized spacial score (nSPS) is 13.1. The van der Waals surface area contributed by atoms with Crippen molar-refractivity contribution in [1.29, 1.82) is 0 Å². The number of carbonyl (C=O) groups excluding carboxylic acids is 2. The van der Waals surface area contributed by atoms with Gasteiger partial charge in [0, 0.05) is 38.8 Å². The highest BCUT2D eigenvalue weighted by molar-refractivity contribution is 5.97. The van der Waals surface area contributed by atoms with Crippen molar-refractivity contribution in [2.45, 2.75) is 26.3 Å². The zero-order chi connectivity index (χ0) is 22.5. The molecule has 0 radical (unpaired) electrons. The lowest BCUT2D eigenvalue weighted by molar-refractivity contribution is 0.0792. The Kier molecular flexibility index (Phi) is 6.34. The standard InChI is InChI=1S/C23H23FN6O2/c1-15(31)22-19(25-13-16-5-4-6-18(24)11-16)12-21(28-29-22)27-20-8-7-17(14-26-20)23(32)30-9-2-3-10-30/h4-8,11-12,14H,2-3,9-10,13H2,1H3,(H2,25,26,27,28). The topological polar surface area (TPSA) is 100 Å². The maximum Gasteiger partial charge on any atom is 0.255 e. The quantitative estimate of drug-likeness (QED) is 0.546. The third-order valence-corrected chi connectivity index (χ3v) is 5.16. The van der Waals surface area contributed by atoms with Gasteiger partial charge in [-0.15, -0.1) is 10.2 Å². The molecule has 0 aliphatic carbocycles. The number of nitrogens with zero attached hydrogens (tertiary/aromatic N) is 4. The minimum Gasteiger partial charge on any atom is -0.379 e. The molecule has 8 nitrogen and oxygen atoms in total. The number of halogens is 1. The van der Waals surface area contributed by atoms with Gasteiger partial charge >= 0.3 is 0 Å². The average Bonchev–Trinajstić information content (AvgIpc) is 3.33. The van der Waals surface area contributed by atoms with Crippen LogP contribution in [0.1, 0.15) is 46.2 Å². The van der Waals surface area contributed by atoms with Crippen molar-refractivity contribution >= 4 is 29.0 Å². The zero-order valence-electron chi connectivity index (χ0n) is 17.6. The third kappa shape index (κ3) is 5.05. The Labute approximate surface area is 184 Å². The van der Waals surface area contributed by atoms with Gasteiger partial charge in [-0.1, -0.05) is 12.1 Å². The van der Waals surface area contributed by atoms with Crippen molar-refractivity contribution < 1.29 is 14.0 Å². The Morgan fingerprint density at radius 3 is 2.56 bits per heavy atom. The maximum absolute atomic E-state index is 13.4. The van der Waals surface area contributed by atoms with E-state index in [9.17, 15) is 14.0 Å². The summed E-state index contributed by atoms with van der Waals surface area (Å²) in [6.45, 7) is 3.28. The number of pyridine rings is 1. The van der Waals surface area contributed by atoms with Crippen molar-refractivity contribution in [2.24, 2.45) is 0 Å². The van der Waals surface area contributed by atoms with E-state index in [0.717, 1.165) is 31.5 Å². The summed E-state index contributed by atoms with van der Waals surface area (Å²) in [5, 5.41) is 14.2. The molecule has 0 bridgehead atoms. The monoisotopic (exact) mass is 434 g/mol. The summed E-state index contributed by atoms with van der Waals surface area (Å²) >= 11 is 0. The van der Waals surface area contributed by atoms with Gasteiger partial charge in [-0.25, -0.2) is 9.37 Å². The van der Waals surface area contributed by atoms with E-state index in [1.54, 1.807) is 30.3 Å². The van der Waals surface area contributed by atoms with Crippen LogP contribution in [-0.2, 0) is 6.54 Å². The molecule has 0 spiro atoms. The van der Waals surface area contributed by atoms with Gasteiger partial charge in [-0.05, 0) is 42.7 Å². The maximum atomic E-state index is 13.4. The van der Waals surface area contributed by atoms with Crippen molar-refractivity contribution in [3.05, 3.63) is 71.3 Å². The van der Waals surface area contributed by atoms with Crippen molar-refractivity contribution in [3.8, 4) is 0 Å². The van der Waals surface area contributed by atoms with Crippen LogP contribution in [0.15, 0.2) is 48.7 Å². The van der Waals surface area contributed by atoms with Gasteiger partial charge in [0.25, 0.3) is 5.91 Å². The van der Waals surface area contributed by atoms with Gasteiger partial charge in [-0.3, -0.25) is 9.59 Å². The lowest BCUT2D eigenvalue weighted by Gasteiger charge is -2.15. The molecule has 3 heterocycles. The highest BCUT2D eigenvalue weighted by Gasteiger charge is 2.19. The lowest BCUT2D eigenvalue weighted by Crippen LogP contribution is -2.27. The first-order valence-electron chi connectivity index (χ1n) is 10.4. The first-order chi connectivity index (χ1) is 15.5. The smallest absolute Gasteiger partial charge is 0.255 e. The predicted octanol–water partition coefficient (Wildman–Crippen LogP) is 3.81. The highest BCUT2D eigenvalue weighted by Crippen LogP contribution is 2.21. The van der Waals surface area contributed by atoms with Gasteiger partial charge in [0.15, 0.2) is 17.3 Å². The van der Waals surface area contributed by atoms with Crippen molar-refractivity contribution in [1.82, 2.24) is 20.1 Å². The SMILES string of the molecule is CC(=O)c1nnc(Nc2ccc(C(=O)N3CCCC3)cn2)cc1NCc1cccc(F)c1. The molecule has 1 amide bonds. The summed E-state index contributed by atoms with van der Waals surface area (Å²) in [7, 11) is 0. The van der Waals surface area contributed by atoms with Crippen LogP contribution < -0.4 is 10.6 Å². The Balaban J connectivity index is 1.48. The second-order valence-corrected chi connectivity index (χ2v) is 7.59. The summed E-state index contributed by atoms with van der Waals surface area (Å²) in [6, 6.07) is 11.3. The van der Waals surface area contributed by atoms with E-state index in [-0.39, 0.29) is 23.2 Å². The molecule has 4 rings (SSSR count). The summed E-state index contributed by atoms with van der Waals surface area (Å²) in [6.07, 6.45) is 3.59. The van der Waals surface area contributed by atoms with E-state index in [2.05, 4.69) is 25.8 Å². The summed E-state index contributed by atoms with van der Waals surface area (Å²) < 4.78 is 13.4. The molecule has 2 N–H and O–H groups in total. The van der Waals surface area contributed by atoms with Crippen LogP contribution in [0.3, 0.4) is 0 Å². The molecule has 1 saturated heterocycles. The van der Waals surface area contributed by atoms with Crippen LogP contribution in [-0.4, -0.2) is 44.9 Å². The fourth-order valence-corrected chi connectivity index (χ4v) is 3.52. The fourth-order valence-electron chi connectivity index (χ4n) is 3.52. The number of aromatic nitrogens is 3. The number of anilines is 3. The Morgan fingerprint density at radius 1 is 1.06 bits per heavy atom. The van der Waals surface area contributed by atoms with Crippen molar-refractivity contribution in [3.63, 3.8) is 0 Å². The van der Waals surface area contributed by atoms with E-state index in [1.807, 2.05) is 4.90 Å². The molecule has 3 aromatic rings. The Morgan fingerprint density at radius 2 is 1.88 bits per heavy atom. The number of hydrogen-bond donors (Lipinski definition) is 2. The van der Waals surface area contributed by atoms with Crippen LogP contribution in [0.2, 0.25) is 0 Å². The third-order valence-electron chi connectivity index (χ3n) is 5.16. The predicted molar refractivity (Wildman–Crippen MR) is 118 cm³/mol. The first-order valence-corrected chi connectivity index (χ1v) is 10.4. The number of amides is 1. The van der Waals surface area contributed by atoms with E-state index < -0.39 is 0 Å². The van der Waals surface area contributed by atoms with Crippen molar-refractivity contribution in [2.75, 3.05) is 23.7 Å². The minimum atomic E-state index is -0.330. The molecule has 32 heavy (non-hydrogen) atoms. The summed E-state index contributed by atoms with van der Waals surface area (Å²) in [5.74, 6) is 0.278. The highest BCUT2D eigenvalue weighted by atomic mass is 19.1. The number of likely N-dealkylation sites (tertiary alicyclic amines) is 1. The molecule has 0 unspecified atom stereocenters. The van der Waals surface area contributed by atoms with Gasteiger partial charge in [0.2, 0.25) is 0 Å². The Bertz CT molecular complexity index is 1130. The molecule has 1 aromatic carbocycles. The van der Waals surface area contributed by atoms with Crippen LogP contribution >= 0.6 is 0 Å². The van der Waals surface area contributed by atoms with Crippen LogP contribution in [0.25, 0.3) is 0 Å². The lowest BCUT2D eigenvalue weighted by atomic mass is 10.2. The van der Waals surface area contributed by atoms with Crippen LogP contribution in [0.5, 0.6) is 0 Å². The number of carbonyl (C=O) groups is 2. The van der Waals surface area contributed by atoms with Crippen LogP contribution in [0, 0.1) is 5.82 Å². The summed E-state index contributed by atoms with van der Waals surface area (Å²) in [4.78, 5) is 30.5. The molecular weight excluding hydrogens is 411 g/mol. The average molecular weight is 434 g/mol. The Hall–Kier alpha value is -3.88. The van der Waals surface area contributed by atoms with Gasteiger partial charge < -0.3 is 15.5 Å². The fraction of sp³-hybridized carbons (Fsp3) is 0.261.